The third kappa shape index (κ3) is 3.98. The molecule has 0 bridgehead atoms. The molecule has 0 radical (unpaired) electrons. The molecule has 1 atom stereocenters. The number of phenols is 1. The Bertz CT molecular complexity index is 455. The van der Waals surface area contributed by atoms with Crippen molar-refractivity contribution in [3.8, 4) is 5.75 Å². The summed E-state index contributed by atoms with van der Waals surface area (Å²) in [6.45, 7) is 0. The lowest BCUT2D eigenvalue weighted by molar-refractivity contribution is -0.123. The number of ether oxygens (including phenoxy) is 1. The van der Waals surface area contributed by atoms with Crippen molar-refractivity contribution in [3.63, 3.8) is 0 Å². The van der Waals surface area contributed by atoms with Crippen LogP contribution in [0.15, 0.2) is 24.3 Å². The van der Waals surface area contributed by atoms with Gasteiger partial charge in [0.15, 0.2) is 6.10 Å². The second-order valence-corrected chi connectivity index (χ2v) is 4.65. The van der Waals surface area contributed by atoms with Crippen molar-refractivity contribution in [1.29, 1.82) is 0 Å². The molecule has 5 nitrogen and oxygen atoms in total. The molecule has 1 aromatic carbocycles. The third-order valence-corrected chi connectivity index (χ3v) is 3.14. The number of cyclic esters (lactones) is 1. The van der Waals surface area contributed by atoms with Gasteiger partial charge in [0.1, 0.15) is 5.75 Å². The van der Waals surface area contributed by atoms with E-state index in [0.717, 1.165) is 25.7 Å². The van der Waals surface area contributed by atoms with E-state index >= 15 is 0 Å². The predicted octanol–water partition coefficient (Wildman–Crippen LogP) is 2.13. The van der Waals surface area contributed by atoms with Crippen LogP contribution in [0.5, 0.6) is 5.75 Å². The van der Waals surface area contributed by atoms with Gasteiger partial charge in [-0.25, -0.2) is 4.79 Å². The molecule has 2 rings (SSSR count). The summed E-state index contributed by atoms with van der Waals surface area (Å²) in [5, 5.41) is 11.3. The Labute approximate surface area is 111 Å². The van der Waals surface area contributed by atoms with Crippen LogP contribution >= 0.6 is 0 Å². The van der Waals surface area contributed by atoms with E-state index in [-0.39, 0.29) is 11.7 Å². The number of benzene rings is 1. The number of hydrogen-bond donors (Lipinski definition) is 2. The summed E-state index contributed by atoms with van der Waals surface area (Å²) in [6.07, 6.45) is 3.10. The molecule has 19 heavy (non-hydrogen) atoms. The molecular formula is C14H17NO4. The van der Waals surface area contributed by atoms with Crippen molar-refractivity contribution in [2.75, 3.05) is 0 Å². The first-order chi connectivity index (χ1) is 9.15. The van der Waals surface area contributed by atoms with Crippen molar-refractivity contribution in [1.82, 2.24) is 5.32 Å². The number of carbonyl (C=O) groups is 2. The maximum Gasteiger partial charge on any atom is 0.414 e. The lowest BCUT2D eigenvalue weighted by atomic mass is 10.0. The standard InChI is InChI=1S/C14H17NO4/c16-11-8-6-10(7-9-11)4-2-1-3-5-12-13(17)15-14(18)19-12/h6-9,12,16H,1-5H2,(H,15,17,18). The van der Waals surface area contributed by atoms with E-state index in [1.807, 2.05) is 12.1 Å². The number of rotatable bonds is 6. The Kier molecular flexibility index (Phi) is 4.39. The topological polar surface area (TPSA) is 75.6 Å². The fraction of sp³-hybridized carbons (Fsp3) is 0.429. The van der Waals surface area contributed by atoms with Gasteiger partial charge in [0, 0.05) is 0 Å². The SMILES string of the molecule is O=C1NC(=O)C(CCCCCc2ccc(O)cc2)O1. The van der Waals surface area contributed by atoms with Crippen LogP contribution in [0.4, 0.5) is 4.79 Å². The number of carbonyl (C=O) groups excluding carboxylic acids is 2. The number of hydrogen-bond acceptors (Lipinski definition) is 4. The van der Waals surface area contributed by atoms with E-state index in [2.05, 4.69) is 5.32 Å². The van der Waals surface area contributed by atoms with E-state index in [0.29, 0.717) is 6.42 Å². The Balaban J connectivity index is 1.61. The molecular weight excluding hydrogens is 246 g/mol. The van der Waals surface area contributed by atoms with E-state index in [9.17, 15) is 9.59 Å². The van der Waals surface area contributed by atoms with Gasteiger partial charge in [0.25, 0.3) is 5.91 Å². The summed E-state index contributed by atoms with van der Waals surface area (Å²) in [7, 11) is 0. The van der Waals surface area contributed by atoms with Gasteiger partial charge < -0.3 is 9.84 Å². The Morgan fingerprint density at radius 1 is 1.11 bits per heavy atom. The lowest BCUT2D eigenvalue weighted by Gasteiger charge is -2.06. The average Bonchev–Trinajstić information content (AvgIpc) is 2.70. The molecule has 0 aliphatic carbocycles. The van der Waals surface area contributed by atoms with Crippen molar-refractivity contribution in [3.05, 3.63) is 29.8 Å². The molecule has 1 saturated heterocycles. The number of nitrogens with one attached hydrogen (secondary N) is 1. The fourth-order valence-electron chi connectivity index (χ4n) is 2.08. The van der Waals surface area contributed by atoms with Crippen molar-refractivity contribution < 1.29 is 19.4 Å². The van der Waals surface area contributed by atoms with Crippen LogP contribution in [0.25, 0.3) is 0 Å². The van der Waals surface area contributed by atoms with Gasteiger partial charge >= 0.3 is 6.09 Å². The van der Waals surface area contributed by atoms with Crippen LogP contribution in [-0.2, 0) is 16.0 Å². The van der Waals surface area contributed by atoms with Gasteiger partial charge in [0.2, 0.25) is 0 Å². The summed E-state index contributed by atoms with van der Waals surface area (Å²) in [6, 6.07) is 7.17. The maximum atomic E-state index is 11.2. The summed E-state index contributed by atoms with van der Waals surface area (Å²) in [5.74, 6) is -0.0543. The average molecular weight is 263 g/mol. The van der Waals surface area contributed by atoms with Crippen LogP contribution in [0, 0.1) is 0 Å². The first-order valence-electron chi connectivity index (χ1n) is 6.44. The number of imide groups is 1. The summed E-state index contributed by atoms with van der Waals surface area (Å²) >= 11 is 0. The van der Waals surface area contributed by atoms with Gasteiger partial charge in [-0.15, -0.1) is 0 Å². The zero-order chi connectivity index (χ0) is 13.7. The molecule has 1 unspecified atom stereocenters. The first-order valence-corrected chi connectivity index (χ1v) is 6.44. The smallest absolute Gasteiger partial charge is 0.414 e. The molecule has 0 aromatic heterocycles. The predicted molar refractivity (Wildman–Crippen MR) is 68.7 cm³/mol. The highest BCUT2D eigenvalue weighted by Crippen LogP contribution is 2.15. The summed E-state index contributed by atoms with van der Waals surface area (Å²) < 4.78 is 4.82. The molecule has 1 fully saturated rings. The molecule has 1 aliphatic heterocycles. The second-order valence-electron chi connectivity index (χ2n) is 4.65. The van der Waals surface area contributed by atoms with Gasteiger partial charge in [-0.3, -0.25) is 10.1 Å². The molecule has 0 saturated carbocycles. The van der Waals surface area contributed by atoms with E-state index in [4.69, 9.17) is 9.84 Å². The van der Waals surface area contributed by atoms with Gasteiger partial charge in [0.05, 0.1) is 0 Å². The minimum atomic E-state index is -0.640. The van der Waals surface area contributed by atoms with E-state index in [1.54, 1.807) is 12.1 Å². The molecule has 1 aliphatic rings. The van der Waals surface area contributed by atoms with E-state index < -0.39 is 12.2 Å². The molecule has 5 heteroatoms. The van der Waals surface area contributed by atoms with E-state index in [1.165, 1.54) is 5.56 Å². The largest absolute Gasteiger partial charge is 0.508 e. The molecule has 1 heterocycles. The second kappa shape index (κ2) is 6.22. The molecule has 102 valence electrons. The lowest BCUT2D eigenvalue weighted by Crippen LogP contribution is -2.24. The number of alkyl carbamates (subject to hydrolysis) is 1. The zero-order valence-corrected chi connectivity index (χ0v) is 10.6. The Morgan fingerprint density at radius 3 is 2.47 bits per heavy atom. The fourth-order valence-corrected chi connectivity index (χ4v) is 2.08. The van der Waals surface area contributed by atoms with Crippen molar-refractivity contribution >= 4 is 12.0 Å². The number of unbranched alkanes of at least 4 members (excludes halogenated alkanes) is 2. The highest BCUT2D eigenvalue weighted by Gasteiger charge is 2.31. The highest BCUT2D eigenvalue weighted by molar-refractivity contribution is 5.99. The van der Waals surface area contributed by atoms with Crippen LogP contribution in [-0.4, -0.2) is 23.2 Å². The van der Waals surface area contributed by atoms with Crippen LogP contribution in [0.2, 0.25) is 0 Å². The van der Waals surface area contributed by atoms with Crippen LogP contribution in [0.3, 0.4) is 0 Å². The number of aryl methyl sites for hydroxylation is 1. The molecule has 0 spiro atoms. The zero-order valence-electron chi connectivity index (χ0n) is 10.6. The Morgan fingerprint density at radius 2 is 1.84 bits per heavy atom. The van der Waals surface area contributed by atoms with Crippen LogP contribution < -0.4 is 5.32 Å². The maximum absolute atomic E-state index is 11.2. The molecule has 1 aromatic rings. The molecule has 2 N–H and O–H groups in total. The van der Waals surface area contributed by atoms with Crippen LogP contribution in [0.1, 0.15) is 31.2 Å². The van der Waals surface area contributed by atoms with Crippen molar-refractivity contribution in [2.24, 2.45) is 0 Å². The molecule has 2 amide bonds. The minimum Gasteiger partial charge on any atom is -0.508 e. The quantitative estimate of drug-likeness (QED) is 0.771. The first kappa shape index (κ1) is 13.4. The number of phenolic OH excluding ortho intramolecular Hbond substituents is 1. The number of aromatic hydroxyl groups is 1. The summed E-state index contributed by atoms with van der Waals surface area (Å²) in [4.78, 5) is 22.0. The van der Waals surface area contributed by atoms with Gasteiger partial charge in [-0.2, -0.15) is 0 Å². The van der Waals surface area contributed by atoms with Gasteiger partial charge in [-0.1, -0.05) is 18.6 Å². The third-order valence-electron chi connectivity index (χ3n) is 3.14. The minimum absolute atomic E-state index is 0.276. The highest BCUT2D eigenvalue weighted by atomic mass is 16.6. The monoisotopic (exact) mass is 263 g/mol. The normalized spacial score (nSPS) is 18.2. The number of amides is 2. The summed E-state index contributed by atoms with van der Waals surface area (Å²) in [5.41, 5.74) is 1.18. The van der Waals surface area contributed by atoms with Crippen molar-refractivity contribution in [2.45, 2.75) is 38.2 Å². The Hall–Kier alpha value is -2.04. The van der Waals surface area contributed by atoms with Gasteiger partial charge in [-0.05, 0) is 43.4 Å².